The zero-order chi connectivity index (χ0) is 14.5. The van der Waals surface area contributed by atoms with Crippen molar-refractivity contribution in [2.75, 3.05) is 0 Å². The zero-order valence-electron chi connectivity index (χ0n) is 13.1. The average Bonchev–Trinajstić information content (AvgIpc) is 2.47. The summed E-state index contributed by atoms with van der Waals surface area (Å²) in [5, 5.41) is 0. The molecule has 86 valence electrons. The van der Waals surface area contributed by atoms with Crippen LogP contribution in [0.3, 0.4) is 0 Å². The maximum absolute atomic E-state index is 7.31. The number of aryl methyl sites for hydroxylation is 1. The Labute approximate surface area is 102 Å². The van der Waals surface area contributed by atoms with Crippen LogP contribution in [0.5, 0.6) is 0 Å². The Morgan fingerprint density at radius 3 is 2.25 bits per heavy atom. The van der Waals surface area contributed by atoms with E-state index in [1.54, 1.807) is 12.1 Å². The molecule has 1 aliphatic rings. The summed E-state index contributed by atoms with van der Waals surface area (Å²) in [5.74, 6) is 0. The van der Waals surface area contributed by atoms with E-state index >= 15 is 0 Å². The molecule has 0 amide bonds. The van der Waals surface area contributed by atoms with Gasteiger partial charge in [0, 0.05) is 10.3 Å². The molecule has 0 unspecified atom stereocenters. The normalized spacial score (nSPS) is 26.0. The maximum atomic E-state index is 7.31. The number of rotatable bonds is 1. The molecule has 0 saturated carbocycles. The quantitative estimate of drug-likeness (QED) is 0.677. The van der Waals surface area contributed by atoms with E-state index in [1.165, 1.54) is 6.20 Å². The Bertz CT molecular complexity index is 455. The van der Waals surface area contributed by atoms with Crippen LogP contribution in [0.25, 0.3) is 0 Å². The summed E-state index contributed by atoms with van der Waals surface area (Å²) in [6.45, 7) is 5.71. The molecule has 1 aromatic heterocycles. The van der Waals surface area contributed by atoms with Crippen molar-refractivity contribution in [2.24, 2.45) is 0 Å². The van der Waals surface area contributed by atoms with Gasteiger partial charge in [-0.05, 0) is 46.2 Å². The van der Waals surface area contributed by atoms with Gasteiger partial charge in [-0.2, -0.15) is 0 Å². The standard InChI is InChI=1S/C12H18BNO2/c1-9-6-7-10(14-8-9)13-15-11(2,3)12(4,5)16-13/h6-8H,1-5H3/i1D3. The molecule has 1 aliphatic heterocycles. The molecule has 0 bridgehead atoms. The van der Waals surface area contributed by atoms with E-state index in [-0.39, 0.29) is 5.56 Å². The van der Waals surface area contributed by atoms with E-state index in [0.29, 0.717) is 5.59 Å². The van der Waals surface area contributed by atoms with Gasteiger partial charge in [-0.15, -0.1) is 0 Å². The maximum Gasteiger partial charge on any atom is 0.514 e. The molecule has 3 nitrogen and oxygen atoms in total. The smallest absolute Gasteiger partial charge is 0.398 e. The Balaban J connectivity index is 2.22. The second kappa shape index (κ2) is 3.57. The highest BCUT2D eigenvalue weighted by molar-refractivity contribution is 6.61. The second-order valence-electron chi connectivity index (χ2n) is 5.06. The summed E-state index contributed by atoms with van der Waals surface area (Å²) in [6, 6.07) is 3.18. The monoisotopic (exact) mass is 222 g/mol. The van der Waals surface area contributed by atoms with E-state index < -0.39 is 25.2 Å². The number of pyridine rings is 1. The summed E-state index contributed by atoms with van der Waals surface area (Å²) in [5.41, 5.74) is -0.0520. The van der Waals surface area contributed by atoms with Crippen molar-refractivity contribution < 1.29 is 13.4 Å². The van der Waals surface area contributed by atoms with Gasteiger partial charge >= 0.3 is 7.12 Å². The molecule has 1 fully saturated rings. The lowest BCUT2D eigenvalue weighted by molar-refractivity contribution is 0.00578. The SMILES string of the molecule is [2H]C([2H])([2H])c1ccc(B2OC(C)(C)C(C)(C)O2)nc1. The van der Waals surface area contributed by atoms with Gasteiger partial charge < -0.3 is 9.31 Å². The minimum atomic E-state index is -2.14. The Hall–Kier alpha value is -0.865. The van der Waals surface area contributed by atoms with Gasteiger partial charge in [0.05, 0.1) is 16.8 Å². The third kappa shape index (κ3) is 1.87. The number of hydrogen-bond donors (Lipinski definition) is 0. The largest absolute Gasteiger partial charge is 0.514 e. The molecule has 4 heteroatoms. The van der Waals surface area contributed by atoms with Gasteiger partial charge in [0.1, 0.15) is 0 Å². The summed E-state index contributed by atoms with van der Waals surface area (Å²) in [7, 11) is -0.560. The predicted octanol–water partition coefficient (Wildman–Crippen LogP) is 1.69. The summed E-state index contributed by atoms with van der Waals surface area (Å²) in [4.78, 5) is 4.15. The Morgan fingerprint density at radius 1 is 1.19 bits per heavy atom. The summed E-state index contributed by atoms with van der Waals surface area (Å²) in [6.07, 6.45) is 1.35. The van der Waals surface area contributed by atoms with Crippen LogP contribution in [-0.2, 0) is 9.31 Å². The van der Waals surface area contributed by atoms with E-state index in [1.807, 2.05) is 27.7 Å². The molecule has 2 rings (SSSR count). The average molecular weight is 222 g/mol. The molecule has 0 aromatic carbocycles. The van der Waals surface area contributed by atoms with Crippen molar-refractivity contribution >= 4 is 12.7 Å². The van der Waals surface area contributed by atoms with Gasteiger partial charge in [-0.3, -0.25) is 4.98 Å². The highest BCUT2D eigenvalue weighted by atomic mass is 16.7. The third-order valence-electron chi connectivity index (χ3n) is 3.28. The predicted molar refractivity (Wildman–Crippen MR) is 64.7 cm³/mol. The molecule has 0 aliphatic carbocycles. The van der Waals surface area contributed by atoms with E-state index in [2.05, 4.69) is 4.98 Å². The molecule has 0 radical (unpaired) electrons. The molecule has 16 heavy (non-hydrogen) atoms. The van der Waals surface area contributed by atoms with Crippen molar-refractivity contribution in [2.45, 2.75) is 45.7 Å². The summed E-state index contributed by atoms with van der Waals surface area (Å²) < 4.78 is 33.6. The minimum absolute atomic E-state index is 0.216. The fourth-order valence-electron chi connectivity index (χ4n) is 1.51. The molecule has 0 spiro atoms. The number of nitrogens with zero attached hydrogens (tertiary/aromatic N) is 1. The fourth-order valence-corrected chi connectivity index (χ4v) is 1.51. The van der Waals surface area contributed by atoms with E-state index in [9.17, 15) is 0 Å². The van der Waals surface area contributed by atoms with Gasteiger partial charge in [0.25, 0.3) is 0 Å². The molecule has 2 heterocycles. The molecule has 0 atom stereocenters. The molecular weight excluding hydrogens is 201 g/mol. The Kier molecular flexibility index (Phi) is 1.84. The van der Waals surface area contributed by atoms with Gasteiger partial charge in [0.2, 0.25) is 0 Å². The van der Waals surface area contributed by atoms with Crippen LogP contribution in [-0.4, -0.2) is 23.3 Å². The minimum Gasteiger partial charge on any atom is -0.398 e. The van der Waals surface area contributed by atoms with Crippen molar-refractivity contribution in [1.82, 2.24) is 4.98 Å². The first kappa shape index (κ1) is 8.26. The lowest BCUT2D eigenvalue weighted by atomic mass is 9.84. The van der Waals surface area contributed by atoms with Gasteiger partial charge in [-0.1, -0.05) is 6.07 Å². The number of aromatic nitrogens is 1. The van der Waals surface area contributed by atoms with Crippen LogP contribution in [0.4, 0.5) is 0 Å². The molecule has 1 saturated heterocycles. The van der Waals surface area contributed by atoms with E-state index in [4.69, 9.17) is 13.4 Å². The van der Waals surface area contributed by atoms with Crippen molar-refractivity contribution in [3.05, 3.63) is 23.9 Å². The first-order valence-corrected chi connectivity index (χ1v) is 5.35. The zero-order valence-corrected chi connectivity index (χ0v) is 10.1. The van der Waals surface area contributed by atoms with Crippen molar-refractivity contribution in [1.29, 1.82) is 0 Å². The lowest BCUT2D eigenvalue weighted by Gasteiger charge is -2.32. The van der Waals surface area contributed by atoms with E-state index in [0.717, 1.165) is 0 Å². The lowest BCUT2D eigenvalue weighted by Crippen LogP contribution is -2.41. The van der Waals surface area contributed by atoms with Gasteiger partial charge in [0.15, 0.2) is 0 Å². The number of hydrogen-bond acceptors (Lipinski definition) is 3. The molecule has 0 N–H and O–H groups in total. The topological polar surface area (TPSA) is 31.4 Å². The van der Waals surface area contributed by atoms with Crippen molar-refractivity contribution in [3.8, 4) is 0 Å². The fraction of sp³-hybridized carbons (Fsp3) is 0.583. The summed E-state index contributed by atoms with van der Waals surface area (Å²) >= 11 is 0. The van der Waals surface area contributed by atoms with Crippen molar-refractivity contribution in [3.63, 3.8) is 0 Å². The molecular formula is C12H18BNO2. The first-order chi connectivity index (χ1) is 8.53. The van der Waals surface area contributed by atoms with Crippen LogP contribution in [0, 0.1) is 6.85 Å². The first-order valence-electron chi connectivity index (χ1n) is 6.85. The van der Waals surface area contributed by atoms with Gasteiger partial charge in [-0.25, -0.2) is 0 Å². The van der Waals surface area contributed by atoms with Crippen LogP contribution >= 0.6 is 0 Å². The van der Waals surface area contributed by atoms with Crippen LogP contribution in [0.2, 0.25) is 0 Å². The second-order valence-corrected chi connectivity index (χ2v) is 5.06. The molecule has 1 aromatic rings. The third-order valence-corrected chi connectivity index (χ3v) is 3.28. The highest BCUT2D eigenvalue weighted by Gasteiger charge is 2.52. The van der Waals surface area contributed by atoms with Crippen LogP contribution in [0.15, 0.2) is 18.3 Å². The Morgan fingerprint density at radius 2 is 1.81 bits per heavy atom. The van der Waals surface area contributed by atoms with Crippen LogP contribution in [0.1, 0.15) is 37.4 Å². The highest BCUT2D eigenvalue weighted by Crippen LogP contribution is 2.36. The van der Waals surface area contributed by atoms with Crippen LogP contribution < -0.4 is 5.59 Å².